The summed E-state index contributed by atoms with van der Waals surface area (Å²) in [5.74, 6) is 0.161. The van der Waals surface area contributed by atoms with Gasteiger partial charge in [-0.2, -0.15) is 0 Å². The standard InChI is InChI=1S/C17H27N3O/c1-4-11-18-15-7-5-14(6-8-15)17(21)20-12-9-16(10-13-20)19(2)3/h5-8,16,18H,4,9-13H2,1-3H3. The molecule has 1 aliphatic rings. The first-order chi connectivity index (χ1) is 10.1. The van der Waals surface area contributed by atoms with Crippen molar-refractivity contribution in [3.05, 3.63) is 29.8 Å². The summed E-state index contributed by atoms with van der Waals surface area (Å²) in [4.78, 5) is 16.7. The molecule has 0 atom stereocenters. The molecule has 0 aromatic heterocycles. The number of carbonyl (C=O) groups excluding carboxylic acids is 1. The van der Waals surface area contributed by atoms with Gasteiger partial charge < -0.3 is 15.1 Å². The Morgan fingerprint density at radius 2 is 1.86 bits per heavy atom. The summed E-state index contributed by atoms with van der Waals surface area (Å²) < 4.78 is 0. The zero-order chi connectivity index (χ0) is 15.2. The molecule has 116 valence electrons. The lowest BCUT2D eigenvalue weighted by Crippen LogP contribution is -2.44. The van der Waals surface area contributed by atoms with Crippen molar-refractivity contribution in [3.63, 3.8) is 0 Å². The molecule has 4 heteroatoms. The molecule has 4 nitrogen and oxygen atoms in total. The van der Waals surface area contributed by atoms with Crippen molar-refractivity contribution in [2.45, 2.75) is 32.2 Å². The first-order valence-corrected chi connectivity index (χ1v) is 7.91. The van der Waals surface area contributed by atoms with Crippen LogP contribution in [-0.2, 0) is 0 Å². The quantitative estimate of drug-likeness (QED) is 0.905. The Morgan fingerprint density at radius 3 is 2.38 bits per heavy atom. The van der Waals surface area contributed by atoms with Crippen LogP contribution in [0.4, 0.5) is 5.69 Å². The van der Waals surface area contributed by atoms with Crippen LogP contribution in [0.1, 0.15) is 36.5 Å². The fraction of sp³-hybridized carbons (Fsp3) is 0.588. The molecule has 0 spiro atoms. The molecular formula is C17H27N3O. The van der Waals surface area contributed by atoms with E-state index in [0.717, 1.165) is 50.1 Å². The summed E-state index contributed by atoms with van der Waals surface area (Å²) in [6.07, 6.45) is 3.23. The molecule has 1 fully saturated rings. The van der Waals surface area contributed by atoms with E-state index in [0.29, 0.717) is 6.04 Å². The lowest BCUT2D eigenvalue weighted by molar-refractivity contribution is 0.0663. The lowest BCUT2D eigenvalue weighted by Gasteiger charge is -2.35. The minimum Gasteiger partial charge on any atom is -0.385 e. The molecule has 0 radical (unpaired) electrons. The number of likely N-dealkylation sites (tertiary alicyclic amines) is 1. The SMILES string of the molecule is CCCNc1ccc(C(=O)N2CCC(N(C)C)CC2)cc1. The number of nitrogens with zero attached hydrogens (tertiary/aromatic N) is 2. The zero-order valence-corrected chi connectivity index (χ0v) is 13.4. The molecule has 1 aliphatic heterocycles. The van der Waals surface area contributed by atoms with E-state index >= 15 is 0 Å². The molecule has 2 rings (SSSR count). The topological polar surface area (TPSA) is 35.6 Å². The first kappa shape index (κ1) is 15.8. The van der Waals surface area contributed by atoms with Crippen molar-refractivity contribution in [3.8, 4) is 0 Å². The number of rotatable bonds is 5. The maximum Gasteiger partial charge on any atom is 0.253 e. The van der Waals surface area contributed by atoms with Crippen LogP contribution in [0.5, 0.6) is 0 Å². The van der Waals surface area contributed by atoms with Gasteiger partial charge in [-0.1, -0.05) is 6.92 Å². The minimum atomic E-state index is 0.161. The molecule has 1 aromatic carbocycles. The fourth-order valence-corrected chi connectivity index (χ4v) is 2.77. The molecule has 0 aliphatic carbocycles. The van der Waals surface area contributed by atoms with E-state index in [9.17, 15) is 4.79 Å². The first-order valence-electron chi connectivity index (χ1n) is 7.91. The molecule has 0 saturated carbocycles. The maximum absolute atomic E-state index is 12.5. The highest BCUT2D eigenvalue weighted by atomic mass is 16.2. The van der Waals surface area contributed by atoms with Crippen molar-refractivity contribution in [2.24, 2.45) is 0 Å². The predicted octanol–water partition coefficient (Wildman–Crippen LogP) is 2.67. The summed E-state index contributed by atoms with van der Waals surface area (Å²) in [5, 5.41) is 3.33. The van der Waals surface area contributed by atoms with Gasteiger partial charge in [-0.3, -0.25) is 4.79 Å². The Morgan fingerprint density at radius 1 is 1.24 bits per heavy atom. The Balaban J connectivity index is 1.91. The van der Waals surface area contributed by atoms with Crippen molar-refractivity contribution in [1.29, 1.82) is 0 Å². The van der Waals surface area contributed by atoms with Gasteiger partial charge in [-0.15, -0.1) is 0 Å². The van der Waals surface area contributed by atoms with Gasteiger partial charge in [0, 0.05) is 36.9 Å². The van der Waals surface area contributed by atoms with Crippen molar-refractivity contribution in [2.75, 3.05) is 39.0 Å². The molecule has 21 heavy (non-hydrogen) atoms. The third-order valence-electron chi connectivity index (χ3n) is 4.19. The minimum absolute atomic E-state index is 0.161. The average molecular weight is 289 g/mol. The zero-order valence-electron chi connectivity index (χ0n) is 13.4. The second-order valence-corrected chi connectivity index (χ2v) is 5.99. The second kappa shape index (κ2) is 7.46. The number of piperidine rings is 1. The molecule has 0 unspecified atom stereocenters. The fourth-order valence-electron chi connectivity index (χ4n) is 2.77. The van der Waals surface area contributed by atoms with E-state index < -0.39 is 0 Å². The maximum atomic E-state index is 12.5. The Kier molecular flexibility index (Phi) is 5.62. The number of hydrogen-bond acceptors (Lipinski definition) is 3. The number of nitrogens with one attached hydrogen (secondary N) is 1. The van der Waals surface area contributed by atoms with E-state index in [1.807, 2.05) is 29.2 Å². The summed E-state index contributed by atoms with van der Waals surface area (Å²) in [7, 11) is 4.23. The highest BCUT2D eigenvalue weighted by Gasteiger charge is 2.24. The number of benzene rings is 1. The number of hydrogen-bond donors (Lipinski definition) is 1. The van der Waals surface area contributed by atoms with Gasteiger partial charge in [0.25, 0.3) is 5.91 Å². The number of amides is 1. The van der Waals surface area contributed by atoms with Gasteiger partial charge >= 0.3 is 0 Å². The summed E-state index contributed by atoms with van der Waals surface area (Å²) in [6, 6.07) is 8.46. The molecule has 1 aromatic rings. The van der Waals surface area contributed by atoms with Crippen LogP contribution in [0, 0.1) is 0 Å². The van der Waals surface area contributed by atoms with Crippen molar-refractivity contribution in [1.82, 2.24) is 9.80 Å². The van der Waals surface area contributed by atoms with Gasteiger partial charge in [-0.05, 0) is 57.6 Å². The third kappa shape index (κ3) is 4.21. The highest BCUT2D eigenvalue weighted by molar-refractivity contribution is 5.94. The number of carbonyl (C=O) groups is 1. The summed E-state index contributed by atoms with van der Waals surface area (Å²) >= 11 is 0. The predicted molar refractivity (Wildman–Crippen MR) is 87.8 cm³/mol. The molecule has 1 N–H and O–H groups in total. The van der Waals surface area contributed by atoms with Gasteiger partial charge in [-0.25, -0.2) is 0 Å². The van der Waals surface area contributed by atoms with Crippen LogP contribution >= 0.6 is 0 Å². The molecule has 0 bridgehead atoms. The van der Waals surface area contributed by atoms with E-state index in [1.54, 1.807) is 0 Å². The molecular weight excluding hydrogens is 262 g/mol. The largest absolute Gasteiger partial charge is 0.385 e. The van der Waals surface area contributed by atoms with Crippen LogP contribution in [0.2, 0.25) is 0 Å². The van der Waals surface area contributed by atoms with E-state index in [-0.39, 0.29) is 5.91 Å². The molecule has 1 saturated heterocycles. The summed E-state index contributed by atoms with van der Waals surface area (Å²) in [6.45, 7) is 4.82. The van der Waals surface area contributed by atoms with Crippen LogP contribution < -0.4 is 5.32 Å². The number of anilines is 1. The monoisotopic (exact) mass is 289 g/mol. The Bertz CT molecular complexity index is 448. The van der Waals surface area contributed by atoms with Crippen molar-refractivity contribution >= 4 is 11.6 Å². The second-order valence-electron chi connectivity index (χ2n) is 5.99. The highest BCUT2D eigenvalue weighted by Crippen LogP contribution is 2.18. The van der Waals surface area contributed by atoms with Gasteiger partial charge in [0.2, 0.25) is 0 Å². The average Bonchev–Trinajstić information content (AvgIpc) is 2.53. The van der Waals surface area contributed by atoms with E-state index in [2.05, 4.69) is 31.2 Å². The van der Waals surface area contributed by atoms with Gasteiger partial charge in [0.05, 0.1) is 0 Å². The summed E-state index contributed by atoms with van der Waals surface area (Å²) in [5.41, 5.74) is 1.88. The van der Waals surface area contributed by atoms with Crippen LogP contribution in [0.15, 0.2) is 24.3 Å². The normalized spacial score (nSPS) is 16.3. The van der Waals surface area contributed by atoms with E-state index in [1.165, 1.54) is 0 Å². The Hall–Kier alpha value is -1.55. The van der Waals surface area contributed by atoms with Crippen LogP contribution in [-0.4, -0.2) is 55.5 Å². The van der Waals surface area contributed by atoms with Crippen LogP contribution in [0.3, 0.4) is 0 Å². The smallest absolute Gasteiger partial charge is 0.253 e. The van der Waals surface area contributed by atoms with Crippen molar-refractivity contribution < 1.29 is 4.79 Å². The lowest BCUT2D eigenvalue weighted by atomic mass is 10.0. The van der Waals surface area contributed by atoms with E-state index in [4.69, 9.17) is 0 Å². The van der Waals surface area contributed by atoms with Crippen LogP contribution in [0.25, 0.3) is 0 Å². The van der Waals surface area contributed by atoms with Gasteiger partial charge in [0.15, 0.2) is 0 Å². The Labute approximate surface area is 128 Å². The molecule has 1 heterocycles. The molecule has 1 amide bonds. The third-order valence-corrected chi connectivity index (χ3v) is 4.19. The van der Waals surface area contributed by atoms with Gasteiger partial charge in [0.1, 0.15) is 0 Å².